The Kier molecular flexibility index (Phi) is 4.91. The van der Waals surface area contributed by atoms with Gasteiger partial charge in [0.15, 0.2) is 0 Å². The number of hydrogen-bond donors (Lipinski definition) is 1. The molecule has 2 rings (SSSR count). The molecule has 0 fully saturated rings. The normalized spacial score (nSPS) is 10.4. The molecular weight excluding hydrogens is 391 g/mol. The van der Waals surface area contributed by atoms with Crippen molar-refractivity contribution >= 4 is 62.3 Å². The fraction of sp³-hybridized carbons (Fsp3) is 0. The van der Waals surface area contributed by atoms with Gasteiger partial charge in [-0.25, -0.2) is 4.39 Å². The zero-order chi connectivity index (χ0) is 14.9. The number of carbonyl (C=O) groups is 1. The smallest absolute Gasteiger partial charge is 0.258 e. The average molecular weight is 397 g/mol. The summed E-state index contributed by atoms with van der Waals surface area (Å²) in [4.78, 5) is 12.0. The standard InChI is InChI=1S/C13H6BrCl3FNO/c14-8-2-4-10(12(17)11(8)16)19-13(20)7-5-6(15)1-3-9(7)18/h1-5H,(H,19,20). The number of carbonyl (C=O) groups excluding carboxylic acids is 1. The first-order valence-corrected chi connectivity index (χ1v) is 7.22. The molecule has 0 aliphatic heterocycles. The first kappa shape index (κ1) is 15.6. The molecule has 0 saturated heterocycles. The summed E-state index contributed by atoms with van der Waals surface area (Å²) in [6.45, 7) is 0. The Morgan fingerprint density at radius 2 is 1.80 bits per heavy atom. The lowest BCUT2D eigenvalue weighted by atomic mass is 10.2. The van der Waals surface area contributed by atoms with Crippen molar-refractivity contribution in [3.05, 3.63) is 61.3 Å². The van der Waals surface area contributed by atoms with Crippen molar-refractivity contribution in [3.8, 4) is 0 Å². The van der Waals surface area contributed by atoms with Crippen molar-refractivity contribution in [2.75, 3.05) is 5.32 Å². The molecule has 1 N–H and O–H groups in total. The molecule has 0 bridgehead atoms. The number of halogens is 5. The van der Waals surface area contributed by atoms with Crippen LogP contribution in [-0.2, 0) is 0 Å². The molecular formula is C13H6BrCl3FNO. The van der Waals surface area contributed by atoms with Crippen molar-refractivity contribution in [2.24, 2.45) is 0 Å². The van der Waals surface area contributed by atoms with Crippen LogP contribution < -0.4 is 5.32 Å². The van der Waals surface area contributed by atoms with E-state index in [1.807, 2.05) is 0 Å². The molecule has 2 aromatic rings. The van der Waals surface area contributed by atoms with Gasteiger partial charge in [0, 0.05) is 9.50 Å². The second kappa shape index (κ2) is 6.31. The van der Waals surface area contributed by atoms with Crippen molar-refractivity contribution in [3.63, 3.8) is 0 Å². The summed E-state index contributed by atoms with van der Waals surface area (Å²) in [7, 11) is 0. The first-order valence-electron chi connectivity index (χ1n) is 5.30. The fourth-order valence-electron chi connectivity index (χ4n) is 1.48. The second-order valence-electron chi connectivity index (χ2n) is 3.80. The van der Waals surface area contributed by atoms with Gasteiger partial charge in [-0.05, 0) is 46.3 Å². The molecule has 0 unspecified atom stereocenters. The minimum atomic E-state index is -0.675. The number of amides is 1. The van der Waals surface area contributed by atoms with Crippen LogP contribution in [0.1, 0.15) is 10.4 Å². The Hall–Kier alpha value is -0.810. The maximum Gasteiger partial charge on any atom is 0.258 e. The molecule has 0 aliphatic rings. The number of benzene rings is 2. The molecule has 0 spiro atoms. The summed E-state index contributed by atoms with van der Waals surface area (Å²) in [5, 5.41) is 3.17. The summed E-state index contributed by atoms with van der Waals surface area (Å²) < 4.78 is 14.2. The lowest BCUT2D eigenvalue weighted by molar-refractivity contribution is 0.102. The van der Waals surface area contributed by atoms with Crippen LogP contribution in [0.4, 0.5) is 10.1 Å². The van der Waals surface area contributed by atoms with Crippen LogP contribution in [0, 0.1) is 5.82 Å². The van der Waals surface area contributed by atoms with Crippen LogP contribution in [0.3, 0.4) is 0 Å². The number of nitrogens with one attached hydrogen (secondary N) is 1. The number of anilines is 1. The van der Waals surface area contributed by atoms with Crippen LogP contribution in [0.25, 0.3) is 0 Å². The van der Waals surface area contributed by atoms with E-state index in [0.29, 0.717) is 4.47 Å². The molecule has 0 saturated carbocycles. The van der Waals surface area contributed by atoms with Crippen LogP contribution in [0.15, 0.2) is 34.8 Å². The first-order chi connectivity index (χ1) is 9.40. The van der Waals surface area contributed by atoms with Gasteiger partial charge in [0.05, 0.1) is 21.3 Å². The highest BCUT2D eigenvalue weighted by Crippen LogP contribution is 2.36. The third kappa shape index (κ3) is 3.26. The van der Waals surface area contributed by atoms with Gasteiger partial charge in [-0.1, -0.05) is 34.8 Å². The molecule has 7 heteroatoms. The van der Waals surface area contributed by atoms with Crippen LogP contribution in [0.2, 0.25) is 15.1 Å². The lowest BCUT2D eigenvalue weighted by Crippen LogP contribution is -2.14. The van der Waals surface area contributed by atoms with Crippen molar-refractivity contribution in [2.45, 2.75) is 0 Å². The Morgan fingerprint density at radius 3 is 2.50 bits per heavy atom. The van der Waals surface area contributed by atoms with Gasteiger partial charge >= 0.3 is 0 Å². The maximum atomic E-state index is 13.6. The van der Waals surface area contributed by atoms with E-state index in [2.05, 4.69) is 21.2 Å². The predicted molar refractivity (Wildman–Crippen MR) is 83.5 cm³/mol. The van der Waals surface area contributed by atoms with Gasteiger partial charge in [0.25, 0.3) is 5.91 Å². The van der Waals surface area contributed by atoms with E-state index in [4.69, 9.17) is 34.8 Å². The van der Waals surface area contributed by atoms with E-state index in [1.165, 1.54) is 12.1 Å². The summed E-state index contributed by atoms with van der Waals surface area (Å²) in [6.07, 6.45) is 0. The molecule has 104 valence electrons. The number of hydrogen-bond acceptors (Lipinski definition) is 1. The second-order valence-corrected chi connectivity index (χ2v) is 5.85. The van der Waals surface area contributed by atoms with E-state index >= 15 is 0 Å². The Balaban J connectivity index is 2.33. The molecule has 0 aliphatic carbocycles. The summed E-state index contributed by atoms with van der Waals surface area (Å²) in [6, 6.07) is 6.89. The molecule has 2 aromatic carbocycles. The zero-order valence-corrected chi connectivity index (χ0v) is 13.5. The van der Waals surface area contributed by atoms with E-state index in [9.17, 15) is 9.18 Å². The summed E-state index contributed by atoms with van der Waals surface area (Å²) >= 11 is 20.9. The summed E-state index contributed by atoms with van der Waals surface area (Å²) in [5.74, 6) is -1.34. The van der Waals surface area contributed by atoms with Crippen molar-refractivity contribution in [1.29, 1.82) is 0 Å². The predicted octanol–water partition coefficient (Wildman–Crippen LogP) is 5.80. The molecule has 1 amide bonds. The zero-order valence-electron chi connectivity index (χ0n) is 9.68. The molecule has 0 radical (unpaired) electrons. The average Bonchev–Trinajstić information content (AvgIpc) is 2.42. The topological polar surface area (TPSA) is 29.1 Å². The van der Waals surface area contributed by atoms with Crippen LogP contribution in [0.5, 0.6) is 0 Å². The van der Waals surface area contributed by atoms with E-state index in [-0.39, 0.29) is 26.3 Å². The quantitative estimate of drug-likeness (QED) is 0.638. The SMILES string of the molecule is O=C(Nc1ccc(Br)c(Cl)c1Cl)c1cc(Cl)ccc1F. The Bertz CT molecular complexity index is 694. The van der Waals surface area contributed by atoms with Crippen LogP contribution in [-0.4, -0.2) is 5.91 Å². The molecule has 20 heavy (non-hydrogen) atoms. The Labute approximate surface area is 138 Å². The maximum absolute atomic E-state index is 13.6. The highest BCUT2D eigenvalue weighted by atomic mass is 79.9. The largest absolute Gasteiger partial charge is 0.320 e. The third-order valence-electron chi connectivity index (χ3n) is 2.46. The van der Waals surface area contributed by atoms with Gasteiger partial charge < -0.3 is 5.32 Å². The fourth-order valence-corrected chi connectivity index (χ4v) is 2.48. The monoisotopic (exact) mass is 395 g/mol. The highest BCUT2D eigenvalue weighted by molar-refractivity contribution is 9.10. The van der Waals surface area contributed by atoms with Crippen molar-refractivity contribution < 1.29 is 9.18 Å². The Morgan fingerprint density at radius 1 is 1.10 bits per heavy atom. The van der Waals surface area contributed by atoms with Gasteiger partial charge in [-0.15, -0.1) is 0 Å². The van der Waals surface area contributed by atoms with Gasteiger partial charge in [0.2, 0.25) is 0 Å². The number of rotatable bonds is 2. The van der Waals surface area contributed by atoms with Gasteiger partial charge in [-0.2, -0.15) is 0 Å². The summed E-state index contributed by atoms with van der Waals surface area (Å²) in [5.41, 5.74) is 0.108. The van der Waals surface area contributed by atoms with Gasteiger partial charge in [0.1, 0.15) is 5.82 Å². The van der Waals surface area contributed by atoms with Crippen molar-refractivity contribution in [1.82, 2.24) is 0 Å². The lowest BCUT2D eigenvalue weighted by Gasteiger charge is -2.10. The molecule has 0 aromatic heterocycles. The molecule has 2 nitrogen and oxygen atoms in total. The molecule has 0 atom stereocenters. The van der Waals surface area contributed by atoms with E-state index < -0.39 is 11.7 Å². The third-order valence-corrected chi connectivity index (χ3v) is 4.46. The minimum Gasteiger partial charge on any atom is -0.320 e. The van der Waals surface area contributed by atoms with E-state index in [0.717, 1.165) is 6.07 Å². The molecule has 0 heterocycles. The van der Waals surface area contributed by atoms with E-state index in [1.54, 1.807) is 12.1 Å². The van der Waals surface area contributed by atoms with Gasteiger partial charge in [-0.3, -0.25) is 4.79 Å². The van der Waals surface area contributed by atoms with Crippen LogP contribution >= 0.6 is 50.7 Å². The highest BCUT2D eigenvalue weighted by Gasteiger charge is 2.15. The minimum absolute atomic E-state index is 0.164.